The second-order valence-corrected chi connectivity index (χ2v) is 5.85. The van der Waals surface area contributed by atoms with Gasteiger partial charge in [-0.05, 0) is 5.56 Å². The Balaban J connectivity index is 1.63. The van der Waals surface area contributed by atoms with Crippen molar-refractivity contribution in [3.05, 3.63) is 71.6 Å². The molecule has 0 radical (unpaired) electrons. The van der Waals surface area contributed by atoms with Crippen LogP contribution in [0.3, 0.4) is 0 Å². The molecular weight excluding hydrogens is 290 g/mol. The molecule has 0 saturated heterocycles. The molecule has 3 nitrogen and oxygen atoms in total. The number of rotatable bonds is 5. The first-order valence-electron chi connectivity index (χ1n) is 7.18. The molecule has 1 aromatic heterocycles. The third-order valence-electron chi connectivity index (χ3n) is 3.36. The normalized spacial score (nSPS) is 12.4. The van der Waals surface area contributed by atoms with Crippen LogP contribution >= 0.6 is 11.3 Å². The summed E-state index contributed by atoms with van der Waals surface area (Å²) >= 11 is 1.56. The van der Waals surface area contributed by atoms with Gasteiger partial charge >= 0.3 is 0 Å². The zero-order chi connectivity index (χ0) is 15.2. The Kier molecular flexibility index (Phi) is 4.61. The van der Waals surface area contributed by atoms with E-state index in [9.17, 15) is 0 Å². The fourth-order valence-corrected chi connectivity index (χ4v) is 2.78. The van der Waals surface area contributed by atoms with E-state index in [4.69, 9.17) is 0 Å². The van der Waals surface area contributed by atoms with Crippen LogP contribution in [0.5, 0.6) is 0 Å². The fraction of sp³-hybridized carbons (Fsp3) is 0.111. The van der Waals surface area contributed by atoms with Gasteiger partial charge in [0.1, 0.15) is 0 Å². The van der Waals surface area contributed by atoms with Crippen molar-refractivity contribution in [1.29, 1.82) is 0 Å². The Morgan fingerprint density at radius 1 is 1.05 bits per heavy atom. The Labute approximate surface area is 134 Å². The molecule has 0 spiro atoms. The molecule has 2 aromatic carbocycles. The molecule has 1 N–H and O–H groups in total. The van der Waals surface area contributed by atoms with Crippen molar-refractivity contribution in [2.75, 3.05) is 5.43 Å². The van der Waals surface area contributed by atoms with Crippen molar-refractivity contribution < 1.29 is 0 Å². The maximum absolute atomic E-state index is 4.54. The van der Waals surface area contributed by atoms with E-state index in [0.29, 0.717) is 0 Å². The summed E-state index contributed by atoms with van der Waals surface area (Å²) in [6, 6.07) is 20.5. The van der Waals surface area contributed by atoms with Gasteiger partial charge in [-0.1, -0.05) is 67.6 Å². The fourth-order valence-electron chi connectivity index (χ4n) is 2.11. The van der Waals surface area contributed by atoms with Crippen molar-refractivity contribution in [3.8, 4) is 11.3 Å². The maximum Gasteiger partial charge on any atom is 0.203 e. The molecule has 3 aromatic rings. The number of nitrogens with zero attached hydrogens (tertiary/aromatic N) is 2. The van der Waals surface area contributed by atoms with Gasteiger partial charge in [0, 0.05) is 23.1 Å². The lowest BCUT2D eigenvalue weighted by atomic mass is 10.0. The van der Waals surface area contributed by atoms with Crippen molar-refractivity contribution in [2.45, 2.75) is 12.8 Å². The van der Waals surface area contributed by atoms with E-state index < -0.39 is 0 Å². The number of hydrazone groups is 1. The number of aromatic nitrogens is 1. The number of hydrogen-bond acceptors (Lipinski definition) is 4. The predicted molar refractivity (Wildman–Crippen MR) is 94.5 cm³/mol. The van der Waals surface area contributed by atoms with Crippen LogP contribution < -0.4 is 5.43 Å². The number of hydrogen-bond donors (Lipinski definition) is 1. The van der Waals surface area contributed by atoms with E-state index in [0.717, 1.165) is 16.4 Å². The van der Waals surface area contributed by atoms with Gasteiger partial charge in [-0.25, -0.2) is 4.98 Å². The molecule has 0 bridgehead atoms. The second kappa shape index (κ2) is 7.00. The van der Waals surface area contributed by atoms with Crippen LogP contribution in [0.1, 0.15) is 18.4 Å². The lowest BCUT2D eigenvalue weighted by molar-refractivity contribution is 1.04. The summed E-state index contributed by atoms with van der Waals surface area (Å²) in [4.78, 5) is 4.54. The van der Waals surface area contributed by atoms with Gasteiger partial charge in [-0.2, -0.15) is 5.10 Å². The van der Waals surface area contributed by atoms with Crippen LogP contribution in [0.2, 0.25) is 0 Å². The summed E-state index contributed by atoms with van der Waals surface area (Å²) in [6.07, 6.45) is 1.90. The molecule has 110 valence electrons. The largest absolute Gasteiger partial charge is 0.253 e. The van der Waals surface area contributed by atoms with E-state index in [1.807, 2.05) is 48.0 Å². The Hall–Kier alpha value is -2.46. The van der Waals surface area contributed by atoms with E-state index >= 15 is 0 Å². The monoisotopic (exact) mass is 307 g/mol. The standard InChI is InChI=1S/C18H17N3S/c1-14(15-8-4-2-5-9-15)12-19-21-18-20-17(13-22-18)16-10-6-3-7-11-16/h2-14H,1H3,(H,20,21)/b19-12-/t14-/m0/s1. The molecule has 0 unspecified atom stereocenters. The molecule has 3 rings (SSSR count). The molecule has 22 heavy (non-hydrogen) atoms. The van der Waals surface area contributed by atoms with Crippen LogP contribution in [0.4, 0.5) is 5.13 Å². The molecule has 0 saturated carbocycles. The van der Waals surface area contributed by atoms with Gasteiger partial charge in [0.05, 0.1) is 5.69 Å². The summed E-state index contributed by atoms with van der Waals surface area (Å²) in [5.41, 5.74) is 6.35. The topological polar surface area (TPSA) is 37.3 Å². The Morgan fingerprint density at radius 3 is 2.45 bits per heavy atom. The van der Waals surface area contributed by atoms with E-state index in [1.54, 1.807) is 11.3 Å². The first-order valence-corrected chi connectivity index (χ1v) is 8.06. The average Bonchev–Trinajstić information content (AvgIpc) is 3.05. The summed E-state index contributed by atoms with van der Waals surface area (Å²) in [7, 11) is 0. The number of nitrogens with one attached hydrogen (secondary N) is 1. The Bertz CT molecular complexity index is 735. The molecule has 0 aliphatic carbocycles. The SMILES string of the molecule is C[C@@H](/C=N\Nc1nc(-c2ccccc2)cs1)c1ccccc1. The predicted octanol–water partition coefficient (Wildman–Crippen LogP) is 5.01. The highest BCUT2D eigenvalue weighted by molar-refractivity contribution is 7.14. The van der Waals surface area contributed by atoms with Crippen molar-refractivity contribution >= 4 is 22.7 Å². The van der Waals surface area contributed by atoms with Crippen LogP contribution in [0, 0.1) is 0 Å². The van der Waals surface area contributed by atoms with Gasteiger partial charge in [-0.15, -0.1) is 11.3 Å². The molecule has 4 heteroatoms. The minimum Gasteiger partial charge on any atom is -0.253 e. The van der Waals surface area contributed by atoms with E-state index in [2.05, 4.69) is 46.7 Å². The summed E-state index contributed by atoms with van der Waals surface area (Å²) in [5.74, 6) is 0.266. The molecule has 0 aliphatic rings. The Morgan fingerprint density at radius 2 is 1.73 bits per heavy atom. The highest BCUT2D eigenvalue weighted by Crippen LogP contribution is 2.24. The molecule has 0 amide bonds. The van der Waals surface area contributed by atoms with Gasteiger partial charge in [0.2, 0.25) is 5.13 Å². The smallest absolute Gasteiger partial charge is 0.203 e. The number of anilines is 1. The minimum atomic E-state index is 0.266. The van der Waals surface area contributed by atoms with Crippen LogP contribution in [-0.2, 0) is 0 Å². The van der Waals surface area contributed by atoms with Gasteiger partial charge < -0.3 is 0 Å². The van der Waals surface area contributed by atoms with E-state index in [-0.39, 0.29) is 5.92 Å². The first kappa shape index (κ1) is 14.5. The number of benzene rings is 2. The van der Waals surface area contributed by atoms with Crippen molar-refractivity contribution in [3.63, 3.8) is 0 Å². The minimum absolute atomic E-state index is 0.266. The third kappa shape index (κ3) is 3.59. The van der Waals surface area contributed by atoms with Crippen LogP contribution in [0.25, 0.3) is 11.3 Å². The molecule has 0 fully saturated rings. The highest BCUT2D eigenvalue weighted by Gasteiger charge is 2.04. The molecular formula is C18H17N3S. The highest BCUT2D eigenvalue weighted by atomic mass is 32.1. The summed E-state index contributed by atoms with van der Waals surface area (Å²) in [6.45, 7) is 2.12. The lowest BCUT2D eigenvalue weighted by Gasteiger charge is -2.04. The maximum atomic E-state index is 4.54. The number of thiazole rings is 1. The molecule has 0 aliphatic heterocycles. The first-order chi connectivity index (χ1) is 10.8. The average molecular weight is 307 g/mol. The lowest BCUT2D eigenvalue weighted by Crippen LogP contribution is -1.97. The van der Waals surface area contributed by atoms with E-state index in [1.165, 1.54) is 5.56 Å². The summed E-state index contributed by atoms with van der Waals surface area (Å²) < 4.78 is 0. The van der Waals surface area contributed by atoms with Crippen molar-refractivity contribution in [1.82, 2.24) is 4.98 Å². The zero-order valence-electron chi connectivity index (χ0n) is 12.3. The quantitative estimate of drug-likeness (QED) is 0.531. The van der Waals surface area contributed by atoms with Crippen molar-refractivity contribution in [2.24, 2.45) is 5.10 Å². The third-order valence-corrected chi connectivity index (χ3v) is 4.10. The van der Waals surface area contributed by atoms with Gasteiger partial charge in [0.25, 0.3) is 0 Å². The van der Waals surface area contributed by atoms with Crippen LogP contribution in [0.15, 0.2) is 71.1 Å². The molecule has 1 atom stereocenters. The summed E-state index contributed by atoms with van der Waals surface area (Å²) in [5, 5.41) is 7.13. The van der Waals surface area contributed by atoms with Gasteiger partial charge in [0.15, 0.2) is 0 Å². The van der Waals surface area contributed by atoms with Gasteiger partial charge in [-0.3, -0.25) is 5.43 Å². The molecule has 1 heterocycles. The van der Waals surface area contributed by atoms with Crippen LogP contribution in [-0.4, -0.2) is 11.2 Å². The zero-order valence-corrected chi connectivity index (χ0v) is 13.1. The second-order valence-electron chi connectivity index (χ2n) is 4.99.